The molecule has 3 heterocycles. The summed E-state index contributed by atoms with van der Waals surface area (Å²) < 4.78 is 1.24. The van der Waals surface area contributed by atoms with E-state index in [1.807, 2.05) is 22.9 Å². The maximum absolute atomic E-state index is 12.4. The van der Waals surface area contributed by atoms with Crippen LogP contribution in [-0.4, -0.2) is 15.5 Å². The minimum atomic E-state index is -0.559. The van der Waals surface area contributed by atoms with Crippen LogP contribution in [0.25, 0.3) is 20.7 Å². The molecule has 0 aliphatic carbocycles. The molecule has 19 heavy (non-hydrogen) atoms. The Balaban J connectivity index is 2.26. The highest BCUT2D eigenvalue weighted by Gasteiger charge is 2.14. The lowest BCUT2D eigenvalue weighted by atomic mass is 10.2. The number of aromatic nitrogens is 2. The number of carbonyl (C=O) groups excluding carboxylic acids is 1. The van der Waals surface area contributed by atoms with Crippen LogP contribution >= 0.6 is 22.7 Å². The Morgan fingerprint density at radius 1 is 1.42 bits per heavy atom. The number of primary amides is 1. The second-order valence-electron chi connectivity index (χ2n) is 3.95. The summed E-state index contributed by atoms with van der Waals surface area (Å²) in [6.45, 7) is -0.151. The van der Waals surface area contributed by atoms with E-state index in [0.717, 1.165) is 10.4 Å². The molecule has 0 radical (unpaired) electrons. The fourth-order valence-electron chi connectivity index (χ4n) is 1.86. The Morgan fingerprint density at radius 2 is 2.26 bits per heavy atom. The first kappa shape index (κ1) is 12.1. The molecule has 2 N–H and O–H groups in total. The third kappa shape index (κ3) is 2.06. The van der Waals surface area contributed by atoms with Gasteiger partial charge in [0, 0.05) is 15.8 Å². The number of thiophene rings is 2. The lowest BCUT2D eigenvalue weighted by Crippen LogP contribution is -2.28. The number of hydrogen-bond acceptors (Lipinski definition) is 5. The Bertz CT molecular complexity index is 802. The van der Waals surface area contributed by atoms with E-state index >= 15 is 0 Å². The molecule has 96 valence electrons. The summed E-state index contributed by atoms with van der Waals surface area (Å²) in [5.74, 6) is -0.559. The van der Waals surface area contributed by atoms with Gasteiger partial charge in [-0.3, -0.25) is 14.2 Å². The molecule has 3 aromatic rings. The highest BCUT2D eigenvalue weighted by Crippen LogP contribution is 2.33. The number of fused-ring (bicyclic) bond motifs is 1. The number of rotatable bonds is 3. The van der Waals surface area contributed by atoms with Crippen molar-refractivity contribution in [3.05, 3.63) is 39.6 Å². The zero-order valence-corrected chi connectivity index (χ0v) is 11.3. The Morgan fingerprint density at radius 3 is 2.95 bits per heavy atom. The molecule has 0 unspecified atom stereocenters. The molecule has 3 rings (SSSR count). The van der Waals surface area contributed by atoms with Gasteiger partial charge in [0.1, 0.15) is 11.4 Å². The molecule has 1 amide bonds. The first-order chi connectivity index (χ1) is 9.16. The number of carbonyl (C=O) groups is 1. The summed E-state index contributed by atoms with van der Waals surface area (Å²) >= 11 is 2.98. The summed E-state index contributed by atoms with van der Waals surface area (Å²) in [5.41, 5.74) is 5.76. The van der Waals surface area contributed by atoms with Gasteiger partial charge in [-0.2, -0.15) is 0 Å². The summed E-state index contributed by atoms with van der Waals surface area (Å²) in [6, 6.07) is 3.89. The van der Waals surface area contributed by atoms with Crippen molar-refractivity contribution in [1.29, 1.82) is 0 Å². The van der Waals surface area contributed by atoms with Crippen LogP contribution in [0.1, 0.15) is 0 Å². The van der Waals surface area contributed by atoms with Crippen molar-refractivity contribution in [1.82, 2.24) is 9.55 Å². The van der Waals surface area contributed by atoms with Gasteiger partial charge >= 0.3 is 0 Å². The zero-order valence-electron chi connectivity index (χ0n) is 9.70. The van der Waals surface area contributed by atoms with Crippen LogP contribution in [0.4, 0.5) is 0 Å². The smallest absolute Gasteiger partial charge is 0.263 e. The summed E-state index contributed by atoms with van der Waals surface area (Å²) in [5, 5.41) is 4.42. The van der Waals surface area contributed by atoms with Crippen LogP contribution < -0.4 is 11.3 Å². The van der Waals surface area contributed by atoms with Crippen LogP contribution in [0, 0.1) is 0 Å². The van der Waals surface area contributed by atoms with E-state index in [-0.39, 0.29) is 12.1 Å². The third-order valence-corrected chi connectivity index (χ3v) is 4.46. The fourth-order valence-corrected chi connectivity index (χ4v) is 3.58. The Hall–Kier alpha value is -1.99. The van der Waals surface area contributed by atoms with E-state index in [9.17, 15) is 9.59 Å². The van der Waals surface area contributed by atoms with Crippen LogP contribution in [0.15, 0.2) is 34.0 Å². The molecule has 0 aliphatic rings. The minimum Gasteiger partial charge on any atom is -0.368 e. The molecule has 0 spiro atoms. The average Bonchev–Trinajstić information content (AvgIpc) is 3.00. The number of nitrogens with two attached hydrogens (primary N) is 1. The van der Waals surface area contributed by atoms with Gasteiger partial charge in [0.15, 0.2) is 0 Å². The Kier molecular flexibility index (Phi) is 2.92. The topological polar surface area (TPSA) is 78.0 Å². The molecule has 7 heteroatoms. The van der Waals surface area contributed by atoms with Crippen molar-refractivity contribution in [2.45, 2.75) is 6.54 Å². The maximum atomic E-state index is 12.4. The van der Waals surface area contributed by atoms with E-state index in [2.05, 4.69) is 4.98 Å². The summed E-state index contributed by atoms with van der Waals surface area (Å²) in [6.07, 6.45) is 1.37. The van der Waals surface area contributed by atoms with Crippen molar-refractivity contribution < 1.29 is 4.79 Å². The van der Waals surface area contributed by atoms with Crippen molar-refractivity contribution in [2.75, 3.05) is 0 Å². The molecule has 0 saturated heterocycles. The average molecular weight is 291 g/mol. The van der Waals surface area contributed by atoms with Crippen molar-refractivity contribution in [2.24, 2.45) is 5.73 Å². The van der Waals surface area contributed by atoms with Gasteiger partial charge in [0.2, 0.25) is 5.91 Å². The van der Waals surface area contributed by atoms with Gasteiger partial charge < -0.3 is 5.73 Å². The fraction of sp³-hybridized carbons (Fsp3) is 0.0833. The molecular weight excluding hydrogens is 282 g/mol. The van der Waals surface area contributed by atoms with E-state index in [1.165, 1.54) is 22.2 Å². The molecule has 0 aromatic carbocycles. The molecule has 5 nitrogen and oxygen atoms in total. The quantitative estimate of drug-likeness (QED) is 0.797. The van der Waals surface area contributed by atoms with E-state index < -0.39 is 5.91 Å². The largest absolute Gasteiger partial charge is 0.368 e. The van der Waals surface area contributed by atoms with Crippen LogP contribution in [0.5, 0.6) is 0 Å². The van der Waals surface area contributed by atoms with Gasteiger partial charge in [-0.15, -0.1) is 22.7 Å². The van der Waals surface area contributed by atoms with Crippen molar-refractivity contribution >= 4 is 38.8 Å². The van der Waals surface area contributed by atoms with Gasteiger partial charge in [0.25, 0.3) is 5.56 Å². The lowest BCUT2D eigenvalue weighted by Gasteiger charge is -2.02. The monoisotopic (exact) mass is 291 g/mol. The molecule has 0 fully saturated rings. The third-order valence-electron chi connectivity index (χ3n) is 2.67. The molecule has 0 atom stereocenters. The van der Waals surface area contributed by atoms with Gasteiger partial charge in [-0.1, -0.05) is 6.07 Å². The number of nitrogens with zero attached hydrogens (tertiary/aromatic N) is 2. The van der Waals surface area contributed by atoms with Crippen LogP contribution in [0.2, 0.25) is 0 Å². The summed E-state index contributed by atoms with van der Waals surface area (Å²) in [4.78, 5) is 29.2. The van der Waals surface area contributed by atoms with Crippen molar-refractivity contribution in [3.63, 3.8) is 0 Å². The predicted molar refractivity (Wildman–Crippen MR) is 76.4 cm³/mol. The second kappa shape index (κ2) is 4.60. The first-order valence-electron chi connectivity index (χ1n) is 5.45. The van der Waals surface area contributed by atoms with Crippen LogP contribution in [-0.2, 0) is 11.3 Å². The molecule has 0 saturated carbocycles. The highest BCUT2D eigenvalue weighted by atomic mass is 32.1. The molecule has 0 aliphatic heterocycles. The minimum absolute atomic E-state index is 0.151. The maximum Gasteiger partial charge on any atom is 0.263 e. The standard InChI is InChI=1S/C12H9N3O2S2/c13-9(16)4-15-6-14-11-10(12(15)17)7(5-19-11)8-2-1-3-18-8/h1-3,5-6H,4H2,(H2,13,16). The SMILES string of the molecule is NC(=O)Cn1cnc2scc(-c3cccs3)c2c1=O. The van der Waals surface area contributed by atoms with Gasteiger partial charge in [0.05, 0.1) is 11.7 Å². The predicted octanol–water partition coefficient (Wildman–Crippen LogP) is 1.67. The van der Waals surface area contributed by atoms with Gasteiger partial charge in [-0.05, 0) is 11.4 Å². The number of amides is 1. The van der Waals surface area contributed by atoms with Crippen LogP contribution in [0.3, 0.4) is 0 Å². The lowest BCUT2D eigenvalue weighted by molar-refractivity contribution is -0.118. The number of hydrogen-bond donors (Lipinski definition) is 1. The Labute approximate surface area is 115 Å². The van der Waals surface area contributed by atoms with Crippen molar-refractivity contribution in [3.8, 4) is 10.4 Å². The first-order valence-corrected chi connectivity index (χ1v) is 7.21. The highest BCUT2D eigenvalue weighted by molar-refractivity contribution is 7.18. The molecule has 0 bridgehead atoms. The van der Waals surface area contributed by atoms with E-state index in [0.29, 0.717) is 10.2 Å². The van der Waals surface area contributed by atoms with E-state index in [1.54, 1.807) is 11.3 Å². The molecule has 3 aromatic heterocycles. The van der Waals surface area contributed by atoms with Gasteiger partial charge in [-0.25, -0.2) is 4.98 Å². The molecular formula is C12H9N3O2S2. The second-order valence-corrected chi connectivity index (χ2v) is 5.76. The summed E-state index contributed by atoms with van der Waals surface area (Å²) in [7, 11) is 0. The normalized spacial score (nSPS) is 10.9. The zero-order chi connectivity index (χ0) is 13.4. The van der Waals surface area contributed by atoms with E-state index in [4.69, 9.17) is 5.73 Å².